The minimum absolute atomic E-state index is 0. The molecule has 0 radical (unpaired) electrons. The Morgan fingerprint density at radius 2 is 1.80 bits per heavy atom. The number of hydrogen-bond acceptors (Lipinski definition) is 3. The first-order valence-corrected chi connectivity index (χ1v) is 9.15. The maximum absolute atomic E-state index is 11.6. The standard InChI is InChI=1S/C17H31N5O2.HI/c1-3-19-17(21-9-8-20-16(24)14-4-5-14)22-10-6-13(7-11-22)12-15(23)18-2;/h13-14H,3-12H2,1-2H3,(H,18,23)(H,19,21)(H,20,24);1H. The van der Waals surface area contributed by atoms with Gasteiger partial charge in [0.05, 0.1) is 6.54 Å². The Morgan fingerprint density at radius 1 is 1.12 bits per heavy atom. The first-order chi connectivity index (χ1) is 11.6. The van der Waals surface area contributed by atoms with E-state index in [4.69, 9.17) is 0 Å². The molecule has 0 aromatic carbocycles. The molecule has 1 heterocycles. The molecule has 0 aromatic rings. The highest BCUT2D eigenvalue weighted by Crippen LogP contribution is 2.28. The average molecular weight is 465 g/mol. The second-order valence-electron chi connectivity index (χ2n) is 6.61. The Balaban J connectivity index is 0.00000312. The van der Waals surface area contributed by atoms with Gasteiger partial charge in [-0.05, 0) is 38.5 Å². The van der Waals surface area contributed by atoms with Crippen molar-refractivity contribution in [1.29, 1.82) is 0 Å². The van der Waals surface area contributed by atoms with Crippen LogP contribution in [0.15, 0.2) is 4.99 Å². The molecule has 8 heteroatoms. The minimum Gasteiger partial charge on any atom is -0.359 e. The molecule has 2 amide bonds. The molecule has 2 aliphatic rings. The highest BCUT2D eigenvalue weighted by molar-refractivity contribution is 14.0. The van der Waals surface area contributed by atoms with Crippen molar-refractivity contribution in [2.75, 3.05) is 39.8 Å². The van der Waals surface area contributed by atoms with E-state index in [9.17, 15) is 9.59 Å². The number of rotatable bonds is 7. The zero-order valence-corrected chi connectivity index (χ0v) is 17.7. The molecule has 3 N–H and O–H groups in total. The summed E-state index contributed by atoms with van der Waals surface area (Å²) >= 11 is 0. The zero-order chi connectivity index (χ0) is 17.4. The molecule has 0 spiro atoms. The number of guanidine groups is 1. The van der Waals surface area contributed by atoms with Crippen LogP contribution in [-0.2, 0) is 9.59 Å². The van der Waals surface area contributed by atoms with Crippen molar-refractivity contribution in [3.63, 3.8) is 0 Å². The lowest BCUT2D eigenvalue weighted by molar-refractivity contribution is -0.122. The second kappa shape index (κ2) is 11.5. The molecule has 25 heavy (non-hydrogen) atoms. The van der Waals surface area contributed by atoms with E-state index >= 15 is 0 Å². The number of carbonyl (C=O) groups excluding carboxylic acids is 2. The van der Waals surface area contributed by atoms with Gasteiger partial charge in [-0.25, -0.2) is 0 Å². The van der Waals surface area contributed by atoms with Crippen LogP contribution in [0.4, 0.5) is 0 Å². The van der Waals surface area contributed by atoms with E-state index in [2.05, 4.69) is 32.8 Å². The lowest BCUT2D eigenvalue weighted by Gasteiger charge is -2.34. The third kappa shape index (κ3) is 7.79. The summed E-state index contributed by atoms with van der Waals surface area (Å²) < 4.78 is 0. The molecule has 1 aliphatic heterocycles. The average Bonchev–Trinajstić information content (AvgIpc) is 3.43. The fourth-order valence-electron chi connectivity index (χ4n) is 2.97. The highest BCUT2D eigenvalue weighted by Gasteiger charge is 2.29. The third-order valence-corrected chi connectivity index (χ3v) is 4.62. The predicted molar refractivity (Wildman–Crippen MR) is 110 cm³/mol. The second-order valence-corrected chi connectivity index (χ2v) is 6.61. The molecule has 1 saturated carbocycles. The number of nitrogens with zero attached hydrogens (tertiary/aromatic N) is 2. The molecule has 0 bridgehead atoms. The van der Waals surface area contributed by atoms with Crippen LogP contribution in [-0.4, -0.2) is 62.4 Å². The molecule has 2 rings (SSSR count). The van der Waals surface area contributed by atoms with Crippen LogP contribution >= 0.6 is 24.0 Å². The maximum atomic E-state index is 11.6. The van der Waals surface area contributed by atoms with Crippen molar-refractivity contribution in [3.8, 4) is 0 Å². The topological polar surface area (TPSA) is 85.8 Å². The largest absolute Gasteiger partial charge is 0.359 e. The SMILES string of the molecule is CCNC(=NCCNC(=O)C1CC1)N1CCC(CC(=O)NC)CC1.I. The molecular weight excluding hydrogens is 433 g/mol. The van der Waals surface area contributed by atoms with Gasteiger partial charge in [0, 0.05) is 45.6 Å². The fraction of sp³-hybridized carbons (Fsp3) is 0.824. The summed E-state index contributed by atoms with van der Waals surface area (Å²) in [6.07, 6.45) is 4.70. The van der Waals surface area contributed by atoms with Gasteiger partial charge in [-0.2, -0.15) is 0 Å². The van der Waals surface area contributed by atoms with Gasteiger partial charge in [-0.3, -0.25) is 14.6 Å². The van der Waals surface area contributed by atoms with Crippen LogP contribution in [0.25, 0.3) is 0 Å². The number of hydrogen-bond donors (Lipinski definition) is 3. The molecule has 1 saturated heterocycles. The van der Waals surface area contributed by atoms with Crippen molar-refractivity contribution in [2.45, 2.75) is 39.0 Å². The van der Waals surface area contributed by atoms with E-state index in [0.717, 1.165) is 51.3 Å². The summed E-state index contributed by atoms with van der Waals surface area (Å²) in [5.41, 5.74) is 0. The summed E-state index contributed by atoms with van der Waals surface area (Å²) in [6, 6.07) is 0. The van der Waals surface area contributed by atoms with Crippen molar-refractivity contribution < 1.29 is 9.59 Å². The molecule has 0 unspecified atom stereocenters. The molecular formula is C17H32IN5O2. The van der Waals surface area contributed by atoms with Crippen LogP contribution in [0.3, 0.4) is 0 Å². The van der Waals surface area contributed by atoms with E-state index in [1.807, 2.05) is 0 Å². The van der Waals surface area contributed by atoms with Crippen LogP contribution in [0, 0.1) is 11.8 Å². The van der Waals surface area contributed by atoms with Crippen molar-refractivity contribution >= 4 is 41.8 Å². The van der Waals surface area contributed by atoms with Crippen LogP contribution in [0.2, 0.25) is 0 Å². The Hall–Kier alpha value is -1.06. The van der Waals surface area contributed by atoms with Gasteiger partial charge < -0.3 is 20.9 Å². The monoisotopic (exact) mass is 465 g/mol. The van der Waals surface area contributed by atoms with Gasteiger partial charge in [0.15, 0.2) is 5.96 Å². The quantitative estimate of drug-likeness (QED) is 0.226. The summed E-state index contributed by atoms with van der Waals surface area (Å²) in [5.74, 6) is 1.92. The Kier molecular flexibility index (Phi) is 10.1. The first kappa shape index (κ1) is 22.0. The summed E-state index contributed by atoms with van der Waals surface area (Å²) in [5, 5.41) is 8.97. The molecule has 0 aromatic heterocycles. The van der Waals surface area contributed by atoms with Crippen LogP contribution in [0.5, 0.6) is 0 Å². The fourth-order valence-corrected chi connectivity index (χ4v) is 2.97. The Bertz CT molecular complexity index is 460. The van der Waals surface area contributed by atoms with E-state index in [1.54, 1.807) is 7.05 Å². The van der Waals surface area contributed by atoms with E-state index in [1.165, 1.54) is 0 Å². The minimum atomic E-state index is 0. The lowest BCUT2D eigenvalue weighted by Crippen LogP contribution is -2.46. The summed E-state index contributed by atoms with van der Waals surface area (Å²) in [6.45, 7) is 5.91. The van der Waals surface area contributed by atoms with Crippen molar-refractivity contribution in [2.24, 2.45) is 16.8 Å². The number of piperidine rings is 1. The van der Waals surface area contributed by atoms with Crippen molar-refractivity contribution in [3.05, 3.63) is 0 Å². The van der Waals surface area contributed by atoms with E-state index < -0.39 is 0 Å². The predicted octanol–water partition coefficient (Wildman–Crippen LogP) is 0.944. The summed E-state index contributed by atoms with van der Waals surface area (Å²) in [4.78, 5) is 30.0. The molecule has 144 valence electrons. The van der Waals surface area contributed by atoms with Gasteiger partial charge >= 0.3 is 0 Å². The van der Waals surface area contributed by atoms with Gasteiger partial charge in [0.1, 0.15) is 0 Å². The summed E-state index contributed by atoms with van der Waals surface area (Å²) in [7, 11) is 1.69. The number of carbonyl (C=O) groups is 2. The highest BCUT2D eigenvalue weighted by atomic mass is 127. The van der Waals surface area contributed by atoms with E-state index in [-0.39, 0.29) is 41.7 Å². The van der Waals surface area contributed by atoms with Gasteiger partial charge in [0.2, 0.25) is 11.8 Å². The number of aliphatic imine (C=N–C) groups is 1. The molecule has 7 nitrogen and oxygen atoms in total. The number of nitrogens with one attached hydrogen (secondary N) is 3. The normalized spacial score (nSPS) is 18.3. The van der Waals surface area contributed by atoms with Gasteiger partial charge in [0.25, 0.3) is 0 Å². The number of likely N-dealkylation sites (tertiary alicyclic amines) is 1. The lowest BCUT2D eigenvalue weighted by atomic mass is 9.93. The molecule has 0 atom stereocenters. The zero-order valence-electron chi connectivity index (χ0n) is 15.3. The molecule has 1 aliphatic carbocycles. The van der Waals surface area contributed by atoms with E-state index in [0.29, 0.717) is 25.4 Å². The van der Waals surface area contributed by atoms with Gasteiger partial charge in [-0.1, -0.05) is 0 Å². The van der Waals surface area contributed by atoms with Crippen molar-refractivity contribution in [1.82, 2.24) is 20.9 Å². The Morgan fingerprint density at radius 3 is 2.36 bits per heavy atom. The first-order valence-electron chi connectivity index (χ1n) is 9.15. The van der Waals surface area contributed by atoms with Crippen LogP contribution < -0.4 is 16.0 Å². The number of amides is 2. The number of halogens is 1. The van der Waals surface area contributed by atoms with Crippen LogP contribution in [0.1, 0.15) is 39.0 Å². The Labute approximate surface area is 167 Å². The van der Waals surface area contributed by atoms with Gasteiger partial charge in [-0.15, -0.1) is 24.0 Å². The smallest absolute Gasteiger partial charge is 0.223 e. The maximum Gasteiger partial charge on any atom is 0.223 e. The third-order valence-electron chi connectivity index (χ3n) is 4.62. The molecule has 2 fully saturated rings.